The lowest BCUT2D eigenvalue weighted by Gasteiger charge is -2.19. The number of benzene rings is 1. The second-order valence-electron chi connectivity index (χ2n) is 4.05. The fourth-order valence-corrected chi connectivity index (χ4v) is 0.935. The Labute approximate surface area is 95.5 Å². The molecule has 84 valence electrons. The summed E-state index contributed by atoms with van der Waals surface area (Å²) in [6.07, 6.45) is 0. The molecule has 0 radical (unpaired) electrons. The Morgan fingerprint density at radius 3 is 2.07 bits per heavy atom. The molecule has 0 amide bonds. The molecule has 1 rings (SSSR count). The number of phenols is 1. The summed E-state index contributed by atoms with van der Waals surface area (Å²) in [6, 6.07) is 5.98. The van der Waals surface area contributed by atoms with Crippen LogP contribution in [0.2, 0.25) is 0 Å². The summed E-state index contributed by atoms with van der Waals surface area (Å²) >= 11 is 0. The van der Waals surface area contributed by atoms with E-state index in [0.29, 0.717) is 5.56 Å². The quantitative estimate of drug-likeness (QED) is 0.755. The van der Waals surface area contributed by atoms with Gasteiger partial charge in [-0.2, -0.15) is 0 Å². The third-order valence-electron chi connectivity index (χ3n) is 1.50. The molecule has 0 spiro atoms. The fraction of sp³-hybridized carbons (Fsp3) is 0.364. The largest absolute Gasteiger partial charge is 0.508 e. The first kappa shape index (κ1) is 13.8. The Morgan fingerprint density at radius 1 is 1.20 bits per heavy atom. The van der Waals surface area contributed by atoms with Crippen LogP contribution in [0.15, 0.2) is 24.3 Å². The molecule has 1 aromatic rings. The minimum absolute atomic E-state index is 0. The Bertz CT molecular complexity index is 325. The van der Waals surface area contributed by atoms with Crippen LogP contribution in [0.3, 0.4) is 0 Å². The number of esters is 1. The van der Waals surface area contributed by atoms with Crippen LogP contribution in [-0.2, 0) is 4.74 Å². The van der Waals surface area contributed by atoms with E-state index in [2.05, 4.69) is 0 Å². The second kappa shape index (κ2) is 5.03. The molecular weight excluding hydrogens is 216 g/mol. The summed E-state index contributed by atoms with van der Waals surface area (Å²) in [5, 5.41) is 9.02. The Hall–Kier alpha value is -1.22. The summed E-state index contributed by atoms with van der Waals surface area (Å²) in [6.45, 7) is 5.43. The molecule has 0 aliphatic heterocycles. The molecule has 4 heteroatoms. The van der Waals surface area contributed by atoms with Crippen LogP contribution in [0.25, 0.3) is 0 Å². The number of halogens is 1. The maximum absolute atomic E-state index is 11.5. The van der Waals surface area contributed by atoms with Crippen LogP contribution < -0.4 is 0 Å². The summed E-state index contributed by atoms with van der Waals surface area (Å²) < 4.78 is 5.14. The first-order valence-electron chi connectivity index (χ1n) is 4.41. The van der Waals surface area contributed by atoms with Gasteiger partial charge in [0.25, 0.3) is 0 Å². The molecule has 0 bridgehead atoms. The van der Waals surface area contributed by atoms with Crippen molar-refractivity contribution in [1.29, 1.82) is 0 Å². The van der Waals surface area contributed by atoms with Gasteiger partial charge in [-0.05, 0) is 45.0 Å². The van der Waals surface area contributed by atoms with E-state index >= 15 is 0 Å². The zero-order valence-corrected chi connectivity index (χ0v) is 9.80. The summed E-state index contributed by atoms with van der Waals surface area (Å²) in [7, 11) is 0. The molecule has 0 aliphatic rings. The molecule has 1 N–H and O–H groups in total. The Kier molecular flexibility index (Phi) is 4.62. The number of carbonyl (C=O) groups excluding carboxylic acids is 1. The molecular formula is C11H15ClO3. The minimum Gasteiger partial charge on any atom is -0.508 e. The highest BCUT2D eigenvalue weighted by atomic mass is 35.5. The van der Waals surface area contributed by atoms with E-state index < -0.39 is 5.60 Å². The van der Waals surface area contributed by atoms with Crippen LogP contribution in [0.5, 0.6) is 5.75 Å². The smallest absolute Gasteiger partial charge is 0.338 e. The molecule has 0 aromatic heterocycles. The van der Waals surface area contributed by atoms with Crippen molar-refractivity contribution in [2.24, 2.45) is 0 Å². The lowest BCUT2D eigenvalue weighted by Crippen LogP contribution is -2.23. The number of aromatic hydroxyl groups is 1. The molecule has 15 heavy (non-hydrogen) atoms. The molecule has 0 saturated heterocycles. The van der Waals surface area contributed by atoms with Gasteiger partial charge in [0.2, 0.25) is 0 Å². The lowest BCUT2D eigenvalue weighted by atomic mass is 10.1. The molecule has 1 aromatic carbocycles. The van der Waals surface area contributed by atoms with Crippen LogP contribution in [0.1, 0.15) is 31.1 Å². The maximum Gasteiger partial charge on any atom is 0.338 e. The van der Waals surface area contributed by atoms with Crippen LogP contribution in [-0.4, -0.2) is 16.7 Å². The van der Waals surface area contributed by atoms with Gasteiger partial charge in [0.1, 0.15) is 11.4 Å². The Morgan fingerprint density at radius 2 is 1.67 bits per heavy atom. The van der Waals surface area contributed by atoms with E-state index in [1.54, 1.807) is 0 Å². The highest BCUT2D eigenvalue weighted by molar-refractivity contribution is 5.89. The molecule has 3 nitrogen and oxygen atoms in total. The molecule has 0 unspecified atom stereocenters. The number of rotatable bonds is 1. The highest BCUT2D eigenvalue weighted by Crippen LogP contribution is 2.14. The average molecular weight is 231 g/mol. The number of hydrogen-bond donors (Lipinski definition) is 1. The van der Waals surface area contributed by atoms with Gasteiger partial charge in [0.05, 0.1) is 5.56 Å². The average Bonchev–Trinajstić information content (AvgIpc) is 2.02. The normalized spacial score (nSPS) is 10.3. The lowest BCUT2D eigenvalue weighted by molar-refractivity contribution is 0.00696. The van der Waals surface area contributed by atoms with Gasteiger partial charge >= 0.3 is 5.97 Å². The van der Waals surface area contributed by atoms with Crippen molar-refractivity contribution in [2.45, 2.75) is 26.4 Å². The van der Waals surface area contributed by atoms with Crippen molar-refractivity contribution < 1.29 is 14.6 Å². The monoisotopic (exact) mass is 230 g/mol. The minimum atomic E-state index is -0.491. The first-order valence-corrected chi connectivity index (χ1v) is 4.41. The molecule has 0 heterocycles. The first-order chi connectivity index (χ1) is 6.38. The number of ether oxygens (including phenoxy) is 1. The van der Waals surface area contributed by atoms with E-state index in [4.69, 9.17) is 9.84 Å². The zero-order chi connectivity index (χ0) is 10.8. The van der Waals surface area contributed by atoms with E-state index in [9.17, 15) is 4.79 Å². The van der Waals surface area contributed by atoms with E-state index in [-0.39, 0.29) is 24.1 Å². The van der Waals surface area contributed by atoms with E-state index in [1.165, 1.54) is 24.3 Å². The molecule has 0 fully saturated rings. The van der Waals surface area contributed by atoms with Crippen LogP contribution >= 0.6 is 12.4 Å². The van der Waals surface area contributed by atoms with E-state index in [0.717, 1.165) is 0 Å². The molecule has 0 atom stereocenters. The van der Waals surface area contributed by atoms with Crippen molar-refractivity contribution in [3.8, 4) is 5.75 Å². The second-order valence-corrected chi connectivity index (χ2v) is 4.05. The number of hydrogen-bond acceptors (Lipinski definition) is 3. The summed E-state index contributed by atoms with van der Waals surface area (Å²) in [5.41, 5.74) is -0.0488. The van der Waals surface area contributed by atoms with Gasteiger partial charge in [-0.25, -0.2) is 4.79 Å². The standard InChI is InChI=1S/C11H14O3.ClH/c1-11(2,3)14-10(13)8-4-6-9(12)7-5-8;/h4-7,12H,1-3H3;1H. The van der Waals surface area contributed by atoms with Gasteiger partial charge in [-0.3, -0.25) is 0 Å². The number of carbonyl (C=O) groups is 1. The Balaban J connectivity index is 0.00000196. The fourth-order valence-electron chi connectivity index (χ4n) is 0.935. The van der Waals surface area contributed by atoms with Crippen LogP contribution in [0, 0.1) is 0 Å². The zero-order valence-electron chi connectivity index (χ0n) is 8.98. The third kappa shape index (κ3) is 4.70. The van der Waals surface area contributed by atoms with Gasteiger partial charge < -0.3 is 9.84 Å². The van der Waals surface area contributed by atoms with Gasteiger partial charge in [0.15, 0.2) is 0 Å². The van der Waals surface area contributed by atoms with Crippen molar-refractivity contribution >= 4 is 18.4 Å². The SMILES string of the molecule is CC(C)(C)OC(=O)c1ccc(O)cc1.Cl. The van der Waals surface area contributed by atoms with Gasteiger partial charge in [0, 0.05) is 0 Å². The van der Waals surface area contributed by atoms with Gasteiger partial charge in [-0.15, -0.1) is 12.4 Å². The third-order valence-corrected chi connectivity index (χ3v) is 1.50. The van der Waals surface area contributed by atoms with Crippen molar-refractivity contribution in [2.75, 3.05) is 0 Å². The number of phenolic OH excluding ortho intramolecular Hbond substituents is 1. The molecule has 0 saturated carbocycles. The predicted octanol–water partition coefficient (Wildman–Crippen LogP) is 2.77. The van der Waals surface area contributed by atoms with Crippen molar-refractivity contribution in [1.82, 2.24) is 0 Å². The van der Waals surface area contributed by atoms with Crippen molar-refractivity contribution in [3.63, 3.8) is 0 Å². The highest BCUT2D eigenvalue weighted by Gasteiger charge is 2.17. The van der Waals surface area contributed by atoms with E-state index in [1.807, 2.05) is 20.8 Å². The summed E-state index contributed by atoms with van der Waals surface area (Å²) in [5.74, 6) is -0.241. The van der Waals surface area contributed by atoms with Gasteiger partial charge in [-0.1, -0.05) is 0 Å². The summed E-state index contributed by atoms with van der Waals surface area (Å²) in [4.78, 5) is 11.5. The van der Waals surface area contributed by atoms with Crippen molar-refractivity contribution in [3.05, 3.63) is 29.8 Å². The maximum atomic E-state index is 11.5. The molecule has 0 aliphatic carbocycles. The topological polar surface area (TPSA) is 46.5 Å². The predicted molar refractivity (Wildman–Crippen MR) is 60.5 cm³/mol. The van der Waals surface area contributed by atoms with Crippen LogP contribution in [0.4, 0.5) is 0 Å².